The van der Waals surface area contributed by atoms with E-state index in [2.05, 4.69) is 31.7 Å². The molecule has 6 rings (SSSR count). The molecule has 4 heterocycles. The number of hydrogen-bond acceptors (Lipinski definition) is 6. The van der Waals surface area contributed by atoms with Crippen molar-refractivity contribution in [3.05, 3.63) is 77.7 Å². The number of benzene rings is 1. The molecule has 0 spiro atoms. The molecule has 1 aromatic carbocycles. The van der Waals surface area contributed by atoms with Crippen molar-refractivity contribution in [3.8, 4) is 39.6 Å². The van der Waals surface area contributed by atoms with Gasteiger partial charge >= 0.3 is 0 Å². The molecule has 1 N–H and O–H groups in total. The van der Waals surface area contributed by atoms with E-state index >= 15 is 0 Å². The lowest BCUT2D eigenvalue weighted by atomic mass is 9.98. The van der Waals surface area contributed by atoms with Gasteiger partial charge in [0.2, 0.25) is 0 Å². The number of pyridine rings is 2. The van der Waals surface area contributed by atoms with Gasteiger partial charge in [-0.3, -0.25) is 0 Å². The van der Waals surface area contributed by atoms with Gasteiger partial charge in [-0.15, -0.1) is 10.2 Å². The summed E-state index contributed by atoms with van der Waals surface area (Å²) in [5.41, 5.74) is 4.84. The number of rotatable bonds is 7. The number of hydrogen-bond donors (Lipinski definition) is 1. The smallest absolute Gasteiger partial charge is 0.164 e. The Hall–Kier alpha value is -4.11. The van der Waals surface area contributed by atoms with Crippen molar-refractivity contribution in [2.45, 2.75) is 25.7 Å². The molecule has 0 bridgehead atoms. The highest BCUT2D eigenvalue weighted by Crippen LogP contribution is 2.42. The molecule has 1 aliphatic rings. The van der Waals surface area contributed by atoms with Crippen LogP contribution in [0.3, 0.4) is 0 Å². The Labute approximate surface area is 218 Å². The molecule has 1 saturated carbocycles. The predicted molar refractivity (Wildman–Crippen MR) is 141 cm³/mol. The molecule has 0 amide bonds. The van der Waals surface area contributed by atoms with Crippen LogP contribution in [-0.4, -0.2) is 41.1 Å². The minimum atomic E-state index is -0.334. The summed E-state index contributed by atoms with van der Waals surface area (Å²) < 4.78 is 17.8. The summed E-state index contributed by atoms with van der Waals surface area (Å²) >= 11 is 6.47. The van der Waals surface area contributed by atoms with E-state index in [-0.39, 0.29) is 5.82 Å². The Kier molecular flexibility index (Phi) is 5.92. The van der Waals surface area contributed by atoms with E-state index < -0.39 is 0 Å². The van der Waals surface area contributed by atoms with Crippen LogP contribution < -0.4 is 5.32 Å². The van der Waals surface area contributed by atoms with E-state index in [0.717, 1.165) is 47.6 Å². The van der Waals surface area contributed by atoms with Gasteiger partial charge in [-0.05, 0) is 67.3 Å². The van der Waals surface area contributed by atoms with Crippen LogP contribution in [0, 0.1) is 5.82 Å². The Balaban J connectivity index is 1.45. The largest absolute Gasteiger partial charge is 0.370 e. The Bertz CT molecular complexity index is 1600. The van der Waals surface area contributed by atoms with Crippen LogP contribution in [0.5, 0.6) is 0 Å². The van der Waals surface area contributed by atoms with Gasteiger partial charge in [0, 0.05) is 42.5 Å². The van der Waals surface area contributed by atoms with E-state index in [4.69, 9.17) is 16.6 Å². The summed E-state index contributed by atoms with van der Waals surface area (Å²) in [4.78, 5) is 9.57. The van der Waals surface area contributed by atoms with Crippen molar-refractivity contribution in [1.29, 1.82) is 0 Å². The molecule has 0 aliphatic heterocycles. The average molecular weight is 515 g/mol. The van der Waals surface area contributed by atoms with E-state index in [1.54, 1.807) is 27.8 Å². The summed E-state index contributed by atoms with van der Waals surface area (Å²) in [7, 11) is 1.84. The quantitative estimate of drug-likeness (QED) is 0.291. The summed E-state index contributed by atoms with van der Waals surface area (Å²) in [6, 6.07) is 12.4. The molecule has 8 nitrogen and oxygen atoms in total. The Morgan fingerprint density at radius 1 is 1.05 bits per heavy atom. The number of anilines is 1. The first-order chi connectivity index (χ1) is 18.0. The van der Waals surface area contributed by atoms with Gasteiger partial charge in [0.15, 0.2) is 11.6 Å². The maximum absolute atomic E-state index is 14.3. The van der Waals surface area contributed by atoms with Crippen LogP contribution in [0.15, 0.2) is 61.2 Å². The normalized spacial score (nSPS) is 13.2. The van der Waals surface area contributed by atoms with Crippen molar-refractivity contribution < 1.29 is 4.39 Å². The molecule has 4 aromatic heterocycles. The second-order valence-electron chi connectivity index (χ2n) is 9.10. The fourth-order valence-electron chi connectivity index (χ4n) is 4.37. The molecule has 1 fully saturated rings. The third kappa shape index (κ3) is 4.58. The lowest BCUT2D eigenvalue weighted by Gasteiger charge is -2.13. The highest BCUT2D eigenvalue weighted by molar-refractivity contribution is 6.33. The van der Waals surface area contributed by atoms with Crippen LogP contribution in [0.4, 0.5) is 10.2 Å². The van der Waals surface area contributed by atoms with Crippen molar-refractivity contribution >= 4 is 17.4 Å². The fraction of sp³-hybridized carbons (Fsp3) is 0.222. The summed E-state index contributed by atoms with van der Waals surface area (Å²) in [5.74, 6) is 2.07. The molecule has 0 unspecified atom stereocenters. The predicted octanol–water partition coefficient (Wildman–Crippen LogP) is 5.89. The fourth-order valence-corrected chi connectivity index (χ4v) is 4.59. The number of aryl methyl sites for hydroxylation is 1. The van der Waals surface area contributed by atoms with Gasteiger partial charge in [-0.1, -0.05) is 17.7 Å². The maximum atomic E-state index is 14.3. The van der Waals surface area contributed by atoms with Gasteiger partial charge in [-0.2, -0.15) is 5.10 Å². The molecule has 37 heavy (non-hydrogen) atoms. The van der Waals surface area contributed by atoms with Crippen molar-refractivity contribution in [2.24, 2.45) is 7.05 Å². The number of aromatic nitrogens is 7. The molecule has 5 aromatic rings. The average Bonchev–Trinajstić information content (AvgIpc) is 3.48. The molecule has 1 aliphatic carbocycles. The summed E-state index contributed by atoms with van der Waals surface area (Å²) in [6.07, 6.45) is 7.40. The number of nitrogens with zero attached hydrogens (tertiary/aromatic N) is 7. The zero-order chi connectivity index (χ0) is 25.5. The molecular formula is C27H24ClFN8. The monoisotopic (exact) mass is 514 g/mol. The van der Waals surface area contributed by atoms with Gasteiger partial charge in [0.1, 0.15) is 18.0 Å². The SMILES string of the molecule is CCNc1ccc(Cl)c(-c2cnn(-c3cc(-c4ccc(F)cc4-c4nncn4C)cc(C4CC4)n3)c2)n1. The molecular weight excluding hydrogens is 491 g/mol. The summed E-state index contributed by atoms with van der Waals surface area (Å²) in [6.45, 7) is 2.77. The van der Waals surface area contributed by atoms with Crippen LogP contribution in [0.2, 0.25) is 5.02 Å². The minimum absolute atomic E-state index is 0.334. The number of nitrogens with one attached hydrogen (secondary N) is 1. The van der Waals surface area contributed by atoms with Crippen molar-refractivity contribution in [1.82, 2.24) is 34.5 Å². The zero-order valence-electron chi connectivity index (χ0n) is 20.4. The first-order valence-corrected chi connectivity index (χ1v) is 12.5. The molecule has 186 valence electrons. The first-order valence-electron chi connectivity index (χ1n) is 12.1. The third-order valence-corrected chi connectivity index (χ3v) is 6.67. The second-order valence-corrected chi connectivity index (χ2v) is 9.51. The Morgan fingerprint density at radius 3 is 2.68 bits per heavy atom. The van der Waals surface area contributed by atoms with E-state index in [1.807, 2.05) is 38.4 Å². The maximum Gasteiger partial charge on any atom is 0.164 e. The van der Waals surface area contributed by atoms with Gasteiger partial charge in [0.05, 0.1) is 16.9 Å². The number of halogens is 2. The minimum Gasteiger partial charge on any atom is -0.370 e. The van der Waals surface area contributed by atoms with Crippen molar-refractivity contribution in [3.63, 3.8) is 0 Å². The third-order valence-electron chi connectivity index (χ3n) is 6.37. The highest BCUT2D eigenvalue weighted by Gasteiger charge is 2.27. The van der Waals surface area contributed by atoms with Gasteiger partial charge < -0.3 is 9.88 Å². The van der Waals surface area contributed by atoms with Crippen LogP contribution in [-0.2, 0) is 7.05 Å². The molecule has 10 heteroatoms. The Morgan fingerprint density at radius 2 is 1.92 bits per heavy atom. The molecule has 0 radical (unpaired) electrons. The second kappa shape index (κ2) is 9.40. The van der Waals surface area contributed by atoms with Gasteiger partial charge in [-0.25, -0.2) is 19.0 Å². The van der Waals surface area contributed by atoms with Gasteiger partial charge in [0.25, 0.3) is 0 Å². The lowest BCUT2D eigenvalue weighted by molar-refractivity contribution is 0.628. The van der Waals surface area contributed by atoms with Crippen molar-refractivity contribution in [2.75, 3.05) is 11.9 Å². The lowest BCUT2D eigenvalue weighted by Crippen LogP contribution is -2.02. The molecule has 0 atom stereocenters. The zero-order valence-corrected chi connectivity index (χ0v) is 21.1. The first kappa shape index (κ1) is 23.3. The van der Waals surface area contributed by atoms with E-state index in [0.29, 0.717) is 33.8 Å². The highest BCUT2D eigenvalue weighted by atomic mass is 35.5. The molecule has 0 saturated heterocycles. The van der Waals surface area contributed by atoms with E-state index in [9.17, 15) is 4.39 Å². The summed E-state index contributed by atoms with van der Waals surface area (Å²) in [5, 5.41) is 16.5. The topological polar surface area (TPSA) is 86.3 Å². The van der Waals surface area contributed by atoms with E-state index in [1.165, 1.54) is 12.1 Å². The standard InChI is InChI=1S/C27H24ClFN8/c1-3-30-24-9-8-22(28)26(34-24)18-13-32-37(14-18)25-11-17(10-23(33-25)16-4-5-16)20-7-6-19(29)12-21(20)27-35-31-15-36(27)2/h6-16H,3-5H2,1-2H3,(H,30,34). The van der Waals surface area contributed by atoms with Crippen LogP contribution in [0.1, 0.15) is 31.4 Å². The van der Waals surface area contributed by atoms with Crippen LogP contribution in [0.25, 0.3) is 39.6 Å². The van der Waals surface area contributed by atoms with Crippen LogP contribution >= 0.6 is 11.6 Å².